The maximum atomic E-state index is 10.8. The first kappa shape index (κ1) is 13.9. The summed E-state index contributed by atoms with van der Waals surface area (Å²) in [5, 5.41) is 18.2. The van der Waals surface area contributed by atoms with Gasteiger partial charge in [0, 0.05) is 0 Å². The first-order valence-electron chi connectivity index (χ1n) is 6.29. The second-order valence-corrected chi connectivity index (χ2v) is 4.68. The average Bonchev–Trinajstić information content (AvgIpc) is 2.46. The summed E-state index contributed by atoms with van der Waals surface area (Å²) in [7, 11) is 0. The standard InChI is InChI=1S/C17H16O3/c1-11(12(2)14-7-9-16(18)10-8-14)13-3-5-15(6-4-13)17(19)20/h3-10,18H,1-2H3,(H,19,20). The summed E-state index contributed by atoms with van der Waals surface area (Å²) in [6.45, 7) is 4.00. The number of phenolic OH excluding ortho intramolecular Hbond substituents is 1. The highest BCUT2D eigenvalue weighted by Gasteiger charge is 2.06. The summed E-state index contributed by atoms with van der Waals surface area (Å²) in [5.41, 5.74) is 4.47. The van der Waals surface area contributed by atoms with Crippen LogP contribution in [0.4, 0.5) is 0 Å². The summed E-state index contributed by atoms with van der Waals surface area (Å²) >= 11 is 0. The van der Waals surface area contributed by atoms with Gasteiger partial charge in [0.25, 0.3) is 0 Å². The van der Waals surface area contributed by atoms with E-state index in [-0.39, 0.29) is 11.3 Å². The molecule has 0 aliphatic heterocycles. The molecular formula is C17H16O3. The van der Waals surface area contributed by atoms with Gasteiger partial charge in [-0.15, -0.1) is 0 Å². The number of hydrogen-bond acceptors (Lipinski definition) is 2. The summed E-state index contributed by atoms with van der Waals surface area (Å²) < 4.78 is 0. The number of phenols is 1. The van der Waals surface area contributed by atoms with Crippen molar-refractivity contribution in [1.82, 2.24) is 0 Å². The van der Waals surface area contributed by atoms with E-state index in [1.54, 1.807) is 24.3 Å². The molecule has 2 rings (SSSR count). The van der Waals surface area contributed by atoms with Crippen molar-refractivity contribution in [3.05, 3.63) is 65.2 Å². The maximum absolute atomic E-state index is 10.8. The molecule has 2 aromatic carbocycles. The lowest BCUT2D eigenvalue weighted by Gasteiger charge is -2.09. The van der Waals surface area contributed by atoms with Gasteiger partial charge in [-0.1, -0.05) is 24.3 Å². The fraction of sp³-hybridized carbons (Fsp3) is 0.118. The van der Waals surface area contributed by atoms with Crippen molar-refractivity contribution >= 4 is 17.1 Å². The molecule has 0 saturated carbocycles. The van der Waals surface area contributed by atoms with Crippen molar-refractivity contribution < 1.29 is 15.0 Å². The predicted molar refractivity (Wildman–Crippen MR) is 79.7 cm³/mol. The zero-order valence-electron chi connectivity index (χ0n) is 11.4. The van der Waals surface area contributed by atoms with Gasteiger partial charge in [-0.2, -0.15) is 0 Å². The summed E-state index contributed by atoms with van der Waals surface area (Å²) in [5.74, 6) is -0.682. The molecule has 0 amide bonds. The van der Waals surface area contributed by atoms with Gasteiger partial charge in [0.15, 0.2) is 0 Å². The minimum atomic E-state index is -0.923. The summed E-state index contributed by atoms with van der Waals surface area (Å²) in [6.07, 6.45) is 0. The molecule has 3 nitrogen and oxygen atoms in total. The van der Waals surface area contributed by atoms with Gasteiger partial charge in [0.1, 0.15) is 5.75 Å². The SMILES string of the molecule is CC(=C(C)c1ccc(C(=O)O)cc1)c1ccc(O)cc1. The van der Waals surface area contributed by atoms with Crippen molar-refractivity contribution in [3.8, 4) is 5.75 Å². The van der Waals surface area contributed by atoms with Crippen LogP contribution in [0.1, 0.15) is 35.3 Å². The molecule has 20 heavy (non-hydrogen) atoms. The van der Waals surface area contributed by atoms with Gasteiger partial charge in [-0.3, -0.25) is 0 Å². The van der Waals surface area contributed by atoms with Crippen LogP contribution in [0.5, 0.6) is 5.75 Å². The van der Waals surface area contributed by atoms with Crippen LogP contribution in [0.25, 0.3) is 11.1 Å². The van der Waals surface area contributed by atoms with E-state index in [9.17, 15) is 9.90 Å². The van der Waals surface area contributed by atoms with E-state index in [0.29, 0.717) is 0 Å². The van der Waals surface area contributed by atoms with Gasteiger partial charge in [0.05, 0.1) is 5.56 Å². The van der Waals surface area contributed by atoms with E-state index in [1.165, 1.54) is 0 Å². The molecular weight excluding hydrogens is 252 g/mol. The molecule has 0 spiro atoms. The Labute approximate surface area is 117 Å². The van der Waals surface area contributed by atoms with Crippen LogP contribution < -0.4 is 0 Å². The Morgan fingerprint density at radius 2 is 1.10 bits per heavy atom. The van der Waals surface area contributed by atoms with Gasteiger partial charge < -0.3 is 10.2 Å². The van der Waals surface area contributed by atoms with Crippen LogP contribution in [0, 0.1) is 0 Å². The molecule has 0 bridgehead atoms. The number of aromatic hydroxyl groups is 1. The Morgan fingerprint density at radius 3 is 1.50 bits per heavy atom. The molecule has 0 aromatic heterocycles. The van der Waals surface area contributed by atoms with E-state index < -0.39 is 5.97 Å². The molecule has 0 radical (unpaired) electrons. The lowest BCUT2D eigenvalue weighted by atomic mass is 9.96. The Morgan fingerprint density at radius 1 is 0.750 bits per heavy atom. The lowest BCUT2D eigenvalue weighted by Crippen LogP contribution is -1.95. The largest absolute Gasteiger partial charge is 0.508 e. The quantitative estimate of drug-likeness (QED) is 0.826. The highest BCUT2D eigenvalue weighted by molar-refractivity contribution is 5.91. The normalized spacial score (nSPS) is 11.9. The number of carboxylic acids is 1. The van der Waals surface area contributed by atoms with Gasteiger partial charge in [0.2, 0.25) is 0 Å². The zero-order valence-corrected chi connectivity index (χ0v) is 11.4. The van der Waals surface area contributed by atoms with Crippen molar-refractivity contribution in [2.24, 2.45) is 0 Å². The molecule has 0 fully saturated rings. The summed E-state index contributed by atoms with van der Waals surface area (Å²) in [4.78, 5) is 10.8. The number of carboxylic acid groups (broad SMARTS) is 1. The van der Waals surface area contributed by atoms with Gasteiger partial charge in [-0.05, 0) is 60.4 Å². The third-order valence-corrected chi connectivity index (χ3v) is 3.43. The first-order valence-corrected chi connectivity index (χ1v) is 6.29. The van der Waals surface area contributed by atoms with Crippen molar-refractivity contribution in [2.45, 2.75) is 13.8 Å². The highest BCUT2D eigenvalue weighted by atomic mass is 16.4. The second kappa shape index (κ2) is 5.61. The molecule has 102 valence electrons. The van der Waals surface area contributed by atoms with Crippen molar-refractivity contribution in [3.63, 3.8) is 0 Å². The van der Waals surface area contributed by atoms with E-state index in [0.717, 1.165) is 22.3 Å². The van der Waals surface area contributed by atoms with E-state index in [2.05, 4.69) is 0 Å². The second-order valence-electron chi connectivity index (χ2n) is 4.68. The molecule has 0 heterocycles. The van der Waals surface area contributed by atoms with Crippen LogP contribution >= 0.6 is 0 Å². The third kappa shape index (κ3) is 2.88. The first-order chi connectivity index (χ1) is 9.49. The van der Waals surface area contributed by atoms with Crippen LogP contribution in [0.2, 0.25) is 0 Å². The Hall–Kier alpha value is -2.55. The molecule has 0 atom stereocenters. The molecule has 2 aromatic rings. The Kier molecular flexibility index (Phi) is 3.89. The number of hydrogen-bond donors (Lipinski definition) is 2. The molecule has 0 unspecified atom stereocenters. The Bertz CT molecular complexity index is 650. The number of aromatic carboxylic acids is 1. The Balaban J connectivity index is 2.37. The fourth-order valence-corrected chi connectivity index (χ4v) is 2.01. The third-order valence-electron chi connectivity index (χ3n) is 3.43. The molecule has 3 heteroatoms. The smallest absolute Gasteiger partial charge is 0.335 e. The van der Waals surface area contributed by atoms with Crippen molar-refractivity contribution in [1.29, 1.82) is 0 Å². The number of benzene rings is 2. The van der Waals surface area contributed by atoms with Crippen LogP contribution in [0.15, 0.2) is 48.5 Å². The van der Waals surface area contributed by atoms with E-state index in [4.69, 9.17) is 5.11 Å². The minimum absolute atomic E-state index is 0.241. The lowest BCUT2D eigenvalue weighted by molar-refractivity contribution is 0.0697. The fourth-order valence-electron chi connectivity index (χ4n) is 2.01. The maximum Gasteiger partial charge on any atom is 0.335 e. The minimum Gasteiger partial charge on any atom is -0.508 e. The van der Waals surface area contributed by atoms with Crippen LogP contribution in [0.3, 0.4) is 0 Å². The van der Waals surface area contributed by atoms with E-state index >= 15 is 0 Å². The molecule has 0 aliphatic rings. The van der Waals surface area contributed by atoms with Crippen LogP contribution in [-0.4, -0.2) is 16.2 Å². The predicted octanol–water partition coefficient (Wildman–Crippen LogP) is 4.04. The number of carbonyl (C=O) groups is 1. The average molecular weight is 268 g/mol. The zero-order chi connectivity index (χ0) is 14.7. The van der Waals surface area contributed by atoms with E-state index in [1.807, 2.05) is 38.1 Å². The molecule has 0 saturated heterocycles. The van der Waals surface area contributed by atoms with Crippen molar-refractivity contribution in [2.75, 3.05) is 0 Å². The monoisotopic (exact) mass is 268 g/mol. The molecule has 2 N–H and O–H groups in total. The molecule has 0 aliphatic carbocycles. The number of allylic oxidation sites excluding steroid dienone is 2. The highest BCUT2D eigenvalue weighted by Crippen LogP contribution is 2.26. The number of rotatable bonds is 3. The van der Waals surface area contributed by atoms with Crippen LogP contribution in [-0.2, 0) is 0 Å². The summed E-state index contributed by atoms with van der Waals surface area (Å²) in [6, 6.07) is 13.8. The topological polar surface area (TPSA) is 57.5 Å². The van der Waals surface area contributed by atoms with Gasteiger partial charge in [-0.25, -0.2) is 4.79 Å². The van der Waals surface area contributed by atoms with Gasteiger partial charge >= 0.3 is 5.97 Å².